The number of rotatable bonds is 6. The largest absolute Gasteiger partial charge is 0.496 e. The van der Waals surface area contributed by atoms with Crippen LogP contribution in [0.2, 0.25) is 0 Å². The number of para-hydroxylation sites is 1. The fraction of sp³-hybridized carbons (Fsp3) is 0.423. The third-order valence-electron chi connectivity index (χ3n) is 6.61. The number of guanidine groups is 1. The van der Waals surface area contributed by atoms with Gasteiger partial charge in [0, 0.05) is 38.3 Å². The number of fused-ring (bicyclic) bond motifs is 1. The van der Waals surface area contributed by atoms with Gasteiger partial charge >= 0.3 is 5.97 Å². The first kappa shape index (κ1) is 23.9. The van der Waals surface area contributed by atoms with E-state index < -0.39 is 23.8 Å². The van der Waals surface area contributed by atoms with Gasteiger partial charge in [-0.15, -0.1) is 0 Å². The van der Waals surface area contributed by atoms with Gasteiger partial charge in [-0.3, -0.25) is 19.8 Å². The first-order chi connectivity index (χ1) is 17.6. The summed E-state index contributed by atoms with van der Waals surface area (Å²) in [7, 11) is 1.56. The molecule has 2 atom stereocenters. The minimum atomic E-state index is -1.09. The minimum Gasteiger partial charge on any atom is -0.496 e. The predicted molar refractivity (Wildman–Crippen MR) is 131 cm³/mol. The number of nitrogens with one attached hydrogen (secondary N) is 1. The van der Waals surface area contributed by atoms with Gasteiger partial charge in [-0.2, -0.15) is 0 Å². The molecule has 0 aliphatic carbocycles. The van der Waals surface area contributed by atoms with E-state index >= 15 is 0 Å². The highest BCUT2D eigenvalue weighted by molar-refractivity contribution is 6.08. The molecule has 0 saturated carbocycles. The van der Waals surface area contributed by atoms with Crippen molar-refractivity contribution in [1.82, 2.24) is 15.1 Å². The predicted octanol–water partition coefficient (Wildman–Crippen LogP) is 1.95. The Bertz CT molecular complexity index is 1160. The van der Waals surface area contributed by atoms with Crippen molar-refractivity contribution < 1.29 is 28.5 Å². The van der Waals surface area contributed by atoms with Crippen LogP contribution in [0.1, 0.15) is 24.1 Å². The van der Waals surface area contributed by atoms with E-state index in [4.69, 9.17) is 23.9 Å². The summed E-state index contributed by atoms with van der Waals surface area (Å²) in [6, 6.07) is 12.6. The number of methoxy groups -OCH3 is 1. The van der Waals surface area contributed by atoms with Crippen molar-refractivity contribution in [2.24, 2.45) is 10.9 Å². The first-order valence-electron chi connectivity index (χ1n) is 12.1. The van der Waals surface area contributed by atoms with E-state index in [-0.39, 0.29) is 13.4 Å². The Kier molecular flexibility index (Phi) is 6.95. The summed E-state index contributed by atoms with van der Waals surface area (Å²) in [4.78, 5) is 35.1. The Morgan fingerprint density at radius 1 is 1.11 bits per heavy atom. The highest BCUT2D eigenvalue weighted by Crippen LogP contribution is 2.36. The molecule has 3 aliphatic heterocycles. The van der Waals surface area contributed by atoms with E-state index in [2.05, 4.69) is 21.2 Å². The number of piperazine rings is 1. The lowest BCUT2D eigenvalue weighted by Gasteiger charge is -2.39. The lowest BCUT2D eigenvalue weighted by molar-refractivity contribution is -0.153. The van der Waals surface area contributed by atoms with Crippen LogP contribution in [0.5, 0.6) is 17.2 Å². The summed E-state index contributed by atoms with van der Waals surface area (Å²) in [6.45, 7) is 5.92. The molecule has 0 aromatic heterocycles. The summed E-state index contributed by atoms with van der Waals surface area (Å²) >= 11 is 0. The van der Waals surface area contributed by atoms with Crippen LogP contribution in [0.4, 0.5) is 0 Å². The molecule has 1 saturated heterocycles. The highest BCUT2D eigenvalue weighted by Gasteiger charge is 2.43. The molecule has 1 fully saturated rings. The average Bonchev–Trinajstić information content (AvgIpc) is 3.37. The second kappa shape index (κ2) is 10.4. The summed E-state index contributed by atoms with van der Waals surface area (Å²) in [5.41, 5.74) is 1.83. The maximum Gasteiger partial charge on any atom is 0.321 e. The second-order valence-corrected chi connectivity index (χ2v) is 8.81. The molecule has 36 heavy (non-hydrogen) atoms. The Morgan fingerprint density at radius 3 is 2.67 bits per heavy atom. The third kappa shape index (κ3) is 4.81. The van der Waals surface area contributed by atoms with Gasteiger partial charge in [-0.1, -0.05) is 24.3 Å². The minimum absolute atomic E-state index is 0.184. The van der Waals surface area contributed by atoms with Crippen LogP contribution in [-0.4, -0.2) is 74.3 Å². The standard InChI is InChI=1S/C26H30N4O6/c1-3-34-25(32)22-23(18-6-4-5-7-19(18)33-2)27-26(28-24(22)31)30-12-10-29(11-13-30)15-17-8-9-20-21(14-17)36-16-35-20/h4-9,14,22-23H,3,10-13,15-16H2,1-2H3,(H,27,28,31). The average molecular weight is 495 g/mol. The molecule has 5 rings (SSSR count). The molecule has 0 bridgehead atoms. The van der Waals surface area contributed by atoms with Crippen LogP contribution in [0.25, 0.3) is 0 Å². The van der Waals surface area contributed by atoms with Gasteiger partial charge in [0.05, 0.1) is 13.7 Å². The van der Waals surface area contributed by atoms with Crippen LogP contribution in [0, 0.1) is 5.92 Å². The molecule has 2 aromatic carbocycles. The number of carbonyl (C=O) groups excluding carboxylic acids is 2. The van der Waals surface area contributed by atoms with Crippen molar-refractivity contribution in [3.05, 3.63) is 53.6 Å². The molecule has 2 unspecified atom stereocenters. The number of ether oxygens (including phenoxy) is 4. The van der Waals surface area contributed by atoms with Gasteiger partial charge in [0.2, 0.25) is 18.7 Å². The fourth-order valence-corrected chi connectivity index (χ4v) is 4.77. The van der Waals surface area contributed by atoms with E-state index in [1.807, 2.05) is 30.3 Å². The molecule has 2 aromatic rings. The van der Waals surface area contributed by atoms with Crippen molar-refractivity contribution in [2.75, 3.05) is 46.7 Å². The van der Waals surface area contributed by atoms with Crippen molar-refractivity contribution >= 4 is 17.8 Å². The zero-order valence-corrected chi connectivity index (χ0v) is 20.4. The van der Waals surface area contributed by atoms with Crippen molar-refractivity contribution in [3.63, 3.8) is 0 Å². The number of amides is 1. The molecule has 1 N–H and O–H groups in total. The van der Waals surface area contributed by atoms with Crippen LogP contribution in [0.3, 0.4) is 0 Å². The molecule has 3 aliphatic rings. The third-order valence-corrected chi connectivity index (χ3v) is 6.61. The normalized spacial score (nSPS) is 21.6. The quantitative estimate of drug-likeness (QED) is 0.480. The number of carbonyl (C=O) groups is 2. The first-order valence-corrected chi connectivity index (χ1v) is 12.1. The SMILES string of the molecule is CCOC(=O)C1C(=O)NC(N2CCN(Cc3ccc4c(c3)OCO4)CC2)=NC1c1ccccc1OC. The number of benzene rings is 2. The number of hydrogen-bond donors (Lipinski definition) is 1. The lowest BCUT2D eigenvalue weighted by Crippen LogP contribution is -2.57. The summed E-state index contributed by atoms with van der Waals surface area (Å²) in [6.07, 6.45) is 0. The van der Waals surface area contributed by atoms with Crippen molar-refractivity contribution in [3.8, 4) is 17.2 Å². The van der Waals surface area contributed by atoms with Gasteiger partial charge in [-0.25, -0.2) is 4.99 Å². The Balaban J connectivity index is 1.32. The summed E-state index contributed by atoms with van der Waals surface area (Å²) < 4.78 is 21.6. The van der Waals surface area contributed by atoms with E-state index in [0.717, 1.165) is 36.7 Å². The fourth-order valence-electron chi connectivity index (χ4n) is 4.77. The number of aliphatic imine (C=N–C) groups is 1. The molecule has 3 heterocycles. The molecule has 190 valence electrons. The number of hydrogen-bond acceptors (Lipinski definition) is 9. The van der Waals surface area contributed by atoms with Gasteiger partial charge in [-0.05, 0) is 30.7 Å². The molecular weight excluding hydrogens is 464 g/mol. The Morgan fingerprint density at radius 2 is 1.89 bits per heavy atom. The molecule has 0 spiro atoms. The van der Waals surface area contributed by atoms with Crippen LogP contribution in [-0.2, 0) is 20.9 Å². The monoisotopic (exact) mass is 494 g/mol. The molecule has 0 radical (unpaired) electrons. The summed E-state index contributed by atoms with van der Waals surface area (Å²) in [5.74, 6) is 0.503. The molecule has 10 heteroatoms. The second-order valence-electron chi connectivity index (χ2n) is 8.81. The molecular formula is C26H30N4O6. The van der Waals surface area contributed by atoms with E-state index in [1.165, 1.54) is 0 Å². The van der Waals surface area contributed by atoms with Crippen LogP contribution < -0.4 is 19.5 Å². The van der Waals surface area contributed by atoms with Gasteiger partial charge in [0.1, 0.15) is 11.8 Å². The van der Waals surface area contributed by atoms with E-state index in [1.54, 1.807) is 20.1 Å². The van der Waals surface area contributed by atoms with Gasteiger partial charge in [0.15, 0.2) is 17.4 Å². The summed E-state index contributed by atoms with van der Waals surface area (Å²) in [5, 5.41) is 2.85. The zero-order valence-electron chi connectivity index (χ0n) is 20.4. The number of nitrogens with zero attached hydrogens (tertiary/aromatic N) is 3. The van der Waals surface area contributed by atoms with Crippen molar-refractivity contribution in [1.29, 1.82) is 0 Å². The van der Waals surface area contributed by atoms with E-state index in [9.17, 15) is 9.59 Å². The topological polar surface area (TPSA) is 102 Å². The van der Waals surface area contributed by atoms with Gasteiger partial charge < -0.3 is 23.8 Å². The Hall–Kier alpha value is -3.79. The van der Waals surface area contributed by atoms with Gasteiger partial charge in [0.25, 0.3) is 0 Å². The van der Waals surface area contributed by atoms with E-state index in [0.29, 0.717) is 30.4 Å². The maximum absolute atomic E-state index is 13.2. The zero-order chi connectivity index (χ0) is 25.1. The molecule has 1 amide bonds. The Labute approximate surface area is 209 Å². The molecule has 10 nitrogen and oxygen atoms in total. The van der Waals surface area contributed by atoms with Crippen LogP contribution in [0.15, 0.2) is 47.5 Å². The van der Waals surface area contributed by atoms with Crippen LogP contribution >= 0.6 is 0 Å². The number of esters is 1. The smallest absolute Gasteiger partial charge is 0.321 e. The maximum atomic E-state index is 13.2. The van der Waals surface area contributed by atoms with Crippen molar-refractivity contribution in [2.45, 2.75) is 19.5 Å². The lowest BCUT2D eigenvalue weighted by atomic mass is 9.90. The highest BCUT2D eigenvalue weighted by atomic mass is 16.7.